The molecule has 0 spiro atoms. The number of piperidine rings is 1. The first kappa shape index (κ1) is 14.7. The lowest BCUT2D eigenvalue weighted by Crippen LogP contribution is -2.44. The molecule has 0 aromatic heterocycles. The number of carbonyl (C=O) groups is 1. The third kappa shape index (κ3) is 3.22. The van der Waals surface area contributed by atoms with Gasteiger partial charge < -0.3 is 20.5 Å². The summed E-state index contributed by atoms with van der Waals surface area (Å²) in [4.78, 5) is 14.5. The largest absolute Gasteiger partial charge is 0.497 e. The lowest BCUT2D eigenvalue weighted by atomic mass is 9.98. The number of nitrogens with two attached hydrogens (primary N) is 1. The normalized spacial score (nSPS) is 18.9. The minimum atomic E-state index is -0.0336. The highest BCUT2D eigenvalue weighted by Crippen LogP contribution is 2.25. The van der Waals surface area contributed by atoms with Crippen LogP contribution in [-0.4, -0.2) is 42.2 Å². The first-order chi connectivity index (χ1) is 9.65. The molecular weight excluding hydrogens is 256 g/mol. The van der Waals surface area contributed by atoms with E-state index >= 15 is 0 Å². The van der Waals surface area contributed by atoms with Gasteiger partial charge >= 0.3 is 0 Å². The highest BCUT2D eigenvalue weighted by Gasteiger charge is 2.27. The van der Waals surface area contributed by atoms with Gasteiger partial charge in [0.05, 0.1) is 7.11 Å². The van der Waals surface area contributed by atoms with Gasteiger partial charge in [-0.05, 0) is 37.8 Å². The maximum Gasteiger partial charge on any atom is 0.254 e. The second kappa shape index (κ2) is 6.61. The van der Waals surface area contributed by atoms with Crippen LogP contribution in [-0.2, 0) is 0 Å². The van der Waals surface area contributed by atoms with Crippen LogP contribution in [0.3, 0.4) is 0 Å². The molecule has 5 nitrogen and oxygen atoms in total. The average Bonchev–Trinajstić information content (AvgIpc) is 2.46. The first-order valence-corrected chi connectivity index (χ1v) is 7.02. The molecule has 2 rings (SSSR count). The maximum absolute atomic E-state index is 12.6. The Bertz CT molecular complexity index is 474. The van der Waals surface area contributed by atoms with E-state index in [4.69, 9.17) is 15.6 Å². The van der Waals surface area contributed by atoms with Gasteiger partial charge in [0, 0.05) is 36.5 Å². The standard InChI is InChI=1S/C15H22N2O3/c1-20-14-9-11(8-12(16)10-14)15(19)17-6-3-2-4-13(17)5-7-18/h8-10,13,18H,2-7,16H2,1H3. The second-order valence-electron chi connectivity index (χ2n) is 5.16. The van der Waals surface area contributed by atoms with Crippen molar-refractivity contribution in [1.82, 2.24) is 4.90 Å². The summed E-state index contributed by atoms with van der Waals surface area (Å²) in [7, 11) is 1.55. The van der Waals surface area contributed by atoms with Crippen molar-refractivity contribution >= 4 is 11.6 Å². The highest BCUT2D eigenvalue weighted by atomic mass is 16.5. The number of nitrogen functional groups attached to an aromatic ring is 1. The quantitative estimate of drug-likeness (QED) is 0.821. The van der Waals surface area contributed by atoms with Gasteiger partial charge in [-0.1, -0.05) is 0 Å². The van der Waals surface area contributed by atoms with Crippen molar-refractivity contribution in [3.05, 3.63) is 23.8 Å². The van der Waals surface area contributed by atoms with Gasteiger partial charge in [0.25, 0.3) is 5.91 Å². The van der Waals surface area contributed by atoms with E-state index < -0.39 is 0 Å². The van der Waals surface area contributed by atoms with E-state index in [1.54, 1.807) is 25.3 Å². The summed E-state index contributed by atoms with van der Waals surface area (Å²) < 4.78 is 5.16. The fourth-order valence-electron chi connectivity index (χ4n) is 2.75. The predicted octanol–water partition coefficient (Wildman–Crippen LogP) is 1.65. The summed E-state index contributed by atoms with van der Waals surface area (Å²) in [5, 5.41) is 9.14. The number of ether oxygens (including phenoxy) is 1. The number of anilines is 1. The van der Waals surface area contributed by atoms with Crippen LogP contribution in [0.25, 0.3) is 0 Å². The molecule has 1 fully saturated rings. The van der Waals surface area contributed by atoms with Crippen molar-refractivity contribution in [2.45, 2.75) is 31.7 Å². The van der Waals surface area contributed by atoms with Gasteiger partial charge in [0.2, 0.25) is 0 Å². The molecule has 110 valence electrons. The van der Waals surface area contributed by atoms with Crippen LogP contribution >= 0.6 is 0 Å². The van der Waals surface area contributed by atoms with Crippen molar-refractivity contribution in [2.75, 3.05) is 26.0 Å². The molecule has 1 aliphatic heterocycles. The Balaban J connectivity index is 2.22. The lowest BCUT2D eigenvalue weighted by Gasteiger charge is -2.35. The molecule has 0 radical (unpaired) electrons. The van der Waals surface area contributed by atoms with Gasteiger partial charge in [-0.3, -0.25) is 4.79 Å². The van der Waals surface area contributed by atoms with Crippen LogP contribution < -0.4 is 10.5 Å². The Hall–Kier alpha value is -1.75. The number of amides is 1. The molecule has 3 N–H and O–H groups in total. The summed E-state index contributed by atoms with van der Waals surface area (Å²) >= 11 is 0. The van der Waals surface area contributed by atoms with E-state index in [0.29, 0.717) is 23.4 Å². The number of aliphatic hydroxyl groups is 1. The molecule has 1 amide bonds. The van der Waals surface area contributed by atoms with Gasteiger partial charge in [0.1, 0.15) is 5.75 Å². The van der Waals surface area contributed by atoms with Crippen molar-refractivity contribution in [3.63, 3.8) is 0 Å². The van der Waals surface area contributed by atoms with Gasteiger partial charge in [-0.25, -0.2) is 0 Å². The molecule has 1 aliphatic rings. The monoisotopic (exact) mass is 278 g/mol. The van der Waals surface area contributed by atoms with E-state index in [9.17, 15) is 4.79 Å². The Morgan fingerprint density at radius 2 is 2.25 bits per heavy atom. The molecule has 1 saturated heterocycles. The number of carbonyl (C=O) groups excluding carboxylic acids is 1. The zero-order chi connectivity index (χ0) is 14.5. The molecule has 1 aromatic carbocycles. The van der Waals surface area contributed by atoms with Gasteiger partial charge in [0.15, 0.2) is 0 Å². The van der Waals surface area contributed by atoms with Gasteiger partial charge in [-0.2, -0.15) is 0 Å². The van der Waals surface area contributed by atoms with Crippen molar-refractivity contribution in [1.29, 1.82) is 0 Å². The van der Waals surface area contributed by atoms with Crippen LogP contribution in [0.5, 0.6) is 5.75 Å². The fraction of sp³-hybridized carbons (Fsp3) is 0.533. The highest BCUT2D eigenvalue weighted by molar-refractivity contribution is 5.95. The number of likely N-dealkylation sites (tertiary alicyclic amines) is 1. The SMILES string of the molecule is COc1cc(N)cc(C(=O)N2CCCCC2CCO)c1. The molecule has 0 bridgehead atoms. The van der Waals surface area contributed by atoms with Gasteiger partial charge in [-0.15, -0.1) is 0 Å². The summed E-state index contributed by atoms with van der Waals surface area (Å²) in [5.41, 5.74) is 6.87. The van der Waals surface area contributed by atoms with Crippen LogP contribution in [0.15, 0.2) is 18.2 Å². The number of hydrogen-bond acceptors (Lipinski definition) is 4. The van der Waals surface area contributed by atoms with Crippen molar-refractivity contribution < 1.29 is 14.6 Å². The smallest absolute Gasteiger partial charge is 0.254 e. The van der Waals surface area contributed by atoms with E-state index in [1.165, 1.54) is 0 Å². The predicted molar refractivity (Wildman–Crippen MR) is 77.8 cm³/mol. The van der Waals surface area contributed by atoms with Crippen molar-refractivity contribution in [2.24, 2.45) is 0 Å². The zero-order valence-corrected chi connectivity index (χ0v) is 11.8. The minimum absolute atomic E-state index is 0.0336. The Morgan fingerprint density at radius 3 is 2.95 bits per heavy atom. The fourth-order valence-corrected chi connectivity index (χ4v) is 2.75. The average molecular weight is 278 g/mol. The molecule has 5 heteroatoms. The van der Waals surface area contributed by atoms with Crippen LogP contribution in [0.2, 0.25) is 0 Å². The van der Waals surface area contributed by atoms with E-state index in [0.717, 1.165) is 25.8 Å². The molecule has 1 unspecified atom stereocenters. The summed E-state index contributed by atoms with van der Waals surface area (Å²) in [6, 6.07) is 5.20. The molecule has 1 heterocycles. The Morgan fingerprint density at radius 1 is 1.45 bits per heavy atom. The van der Waals surface area contributed by atoms with E-state index in [-0.39, 0.29) is 18.6 Å². The number of aliphatic hydroxyl groups excluding tert-OH is 1. The topological polar surface area (TPSA) is 75.8 Å². The molecular formula is C15H22N2O3. The Kier molecular flexibility index (Phi) is 4.84. The zero-order valence-electron chi connectivity index (χ0n) is 11.8. The third-order valence-corrected chi connectivity index (χ3v) is 3.76. The third-order valence-electron chi connectivity index (χ3n) is 3.76. The first-order valence-electron chi connectivity index (χ1n) is 7.02. The number of hydrogen-bond donors (Lipinski definition) is 2. The molecule has 0 aliphatic carbocycles. The van der Waals surface area contributed by atoms with Crippen LogP contribution in [0, 0.1) is 0 Å². The molecule has 1 atom stereocenters. The molecule has 20 heavy (non-hydrogen) atoms. The summed E-state index contributed by atoms with van der Waals surface area (Å²) in [5.74, 6) is 0.554. The van der Waals surface area contributed by atoms with E-state index in [1.807, 2.05) is 4.90 Å². The minimum Gasteiger partial charge on any atom is -0.497 e. The number of benzene rings is 1. The second-order valence-corrected chi connectivity index (χ2v) is 5.16. The Labute approximate surface area is 119 Å². The summed E-state index contributed by atoms with van der Waals surface area (Å²) in [6.45, 7) is 0.843. The van der Waals surface area contributed by atoms with Crippen LogP contribution in [0.1, 0.15) is 36.0 Å². The van der Waals surface area contributed by atoms with E-state index in [2.05, 4.69) is 0 Å². The summed E-state index contributed by atoms with van der Waals surface area (Å²) in [6.07, 6.45) is 3.69. The molecule has 1 aromatic rings. The lowest BCUT2D eigenvalue weighted by molar-refractivity contribution is 0.0574. The number of nitrogens with zero attached hydrogens (tertiary/aromatic N) is 1. The van der Waals surface area contributed by atoms with Crippen LogP contribution in [0.4, 0.5) is 5.69 Å². The maximum atomic E-state index is 12.6. The number of methoxy groups -OCH3 is 1. The number of rotatable bonds is 4. The molecule has 0 saturated carbocycles. The van der Waals surface area contributed by atoms with Crippen molar-refractivity contribution in [3.8, 4) is 5.75 Å².